The lowest BCUT2D eigenvalue weighted by Gasteiger charge is -2.11. The van der Waals surface area contributed by atoms with E-state index in [2.05, 4.69) is 15.6 Å². The Bertz CT molecular complexity index is 1070. The molecule has 30 heavy (non-hydrogen) atoms. The Morgan fingerprint density at radius 1 is 1.23 bits per heavy atom. The molecule has 1 heterocycles. The number of carbonyl (C=O) groups excluding carboxylic acids is 1. The van der Waals surface area contributed by atoms with E-state index in [0.29, 0.717) is 27.7 Å². The van der Waals surface area contributed by atoms with Crippen molar-refractivity contribution in [1.29, 1.82) is 0 Å². The van der Waals surface area contributed by atoms with Crippen LogP contribution in [0.4, 0.5) is 9.52 Å². The van der Waals surface area contributed by atoms with E-state index >= 15 is 0 Å². The van der Waals surface area contributed by atoms with Crippen LogP contribution in [0.2, 0.25) is 0 Å². The molecule has 0 aliphatic rings. The van der Waals surface area contributed by atoms with E-state index in [1.165, 1.54) is 24.5 Å². The number of benzene rings is 2. The molecule has 0 unspecified atom stereocenters. The molecule has 0 bridgehead atoms. The molecule has 0 aliphatic carbocycles. The summed E-state index contributed by atoms with van der Waals surface area (Å²) in [6, 6.07) is 11.5. The third-order valence-electron chi connectivity index (χ3n) is 3.87. The van der Waals surface area contributed by atoms with E-state index in [4.69, 9.17) is 21.7 Å². The lowest BCUT2D eigenvalue weighted by atomic mass is 10.1. The maximum atomic E-state index is 13.9. The number of methoxy groups -OCH3 is 1. The predicted octanol–water partition coefficient (Wildman–Crippen LogP) is 4.87. The molecule has 9 heteroatoms. The van der Waals surface area contributed by atoms with Crippen molar-refractivity contribution in [2.75, 3.05) is 12.4 Å². The van der Waals surface area contributed by atoms with Gasteiger partial charge in [-0.3, -0.25) is 10.1 Å². The number of hydrogen-bond donors (Lipinski definition) is 2. The predicted molar refractivity (Wildman–Crippen MR) is 120 cm³/mol. The van der Waals surface area contributed by atoms with Gasteiger partial charge in [0.2, 0.25) is 0 Å². The standard InChI is InChI=1S/C21H20FN3O3S2/c1-12(2)28-15-6-4-5-14(9-15)19(26)24-20(29)25-21-23-17(11-30-21)13-7-8-18(27-3)16(22)10-13/h4-12H,1-3H3,(H2,23,24,25,26,29). The van der Waals surface area contributed by atoms with Crippen molar-refractivity contribution in [1.82, 2.24) is 10.3 Å². The molecule has 3 rings (SSSR count). The van der Waals surface area contributed by atoms with Crippen molar-refractivity contribution in [3.63, 3.8) is 0 Å². The number of nitrogens with one attached hydrogen (secondary N) is 2. The van der Waals surface area contributed by atoms with Gasteiger partial charge in [-0.1, -0.05) is 6.07 Å². The Labute approximate surface area is 183 Å². The molecule has 2 N–H and O–H groups in total. The zero-order valence-electron chi connectivity index (χ0n) is 16.6. The van der Waals surface area contributed by atoms with Crippen LogP contribution >= 0.6 is 23.6 Å². The largest absolute Gasteiger partial charge is 0.494 e. The Balaban J connectivity index is 1.63. The SMILES string of the molecule is COc1ccc(-c2csc(NC(=S)NC(=O)c3cccc(OC(C)C)c3)n2)cc1F. The van der Waals surface area contributed by atoms with Gasteiger partial charge in [0.15, 0.2) is 21.8 Å². The number of nitrogens with zero attached hydrogens (tertiary/aromatic N) is 1. The molecule has 2 aromatic carbocycles. The van der Waals surface area contributed by atoms with Gasteiger partial charge in [-0.2, -0.15) is 0 Å². The smallest absolute Gasteiger partial charge is 0.257 e. The number of thiocarbonyl (C=S) groups is 1. The lowest BCUT2D eigenvalue weighted by molar-refractivity contribution is 0.0977. The highest BCUT2D eigenvalue weighted by Crippen LogP contribution is 2.28. The van der Waals surface area contributed by atoms with E-state index in [-0.39, 0.29) is 22.9 Å². The molecule has 0 fully saturated rings. The van der Waals surface area contributed by atoms with E-state index in [1.54, 1.807) is 41.8 Å². The van der Waals surface area contributed by atoms with E-state index in [1.807, 2.05) is 13.8 Å². The first-order valence-corrected chi connectivity index (χ1v) is 10.3. The number of rotatable bonds is 6. The maximum Gasteiger partial charge on any atom is 0.257 e. The van der Waals surface area contributed by atoms with Gasteiger partial charge in [-0.25, -0.2) is 9.37 Å². The molecule has 0 radical (unpaired) electrons. The molecule has 3 aromatic rings. The van der Waals surface area contributed by atoms with Crippen LogP contribution in [0.3, 0.4) is 0 Å². The number of thiazole rings is 1. The van der Waals surface area contributed by atoms with Crippen molar-refractivity contribution in [3.05, 3.63) is 59.2 Å². The van der Waals surface area contributed by atoms with Crippen LogP contribution in [0.5, 0.6) is 11.5 Å². The van der Waals surface area contributed by atoms with Crippen molar-refractivity contribution >= 4 is 39.7 Å². The van der Waals surface area contributed by atoms with Crippen LogP contribution in [0.25, 0.3) is 11.3 Å². The first-order valence-electron chi connectivity index (χ1n) is 9.04. The Morgan fingerprint density at radius 3 is 2.73 bits per heavy atom. The summed E-state index contributed by atoms with van der Waals surface area (Å²) in [6.07, 6.45) is 0.00401. The van der Waals surface area contributed by atoms with Crippen LogP contribution < -0.4 is 20.1 Å². The number of amides is 1. The summed E-state index contributed by atoms with van der Waals surface area (Å²) in [4.78, 5) is 16.8. The van der Waals surface area contributed by atoms with Gasteiger partial charge in [0.05, 0.1) is 18.9 Å². The normalized spacial score (nSPS) is 10.6. The van der Waals surface area contributed by atoms with Gasteiger partial charge in [0, 0.05) is 16.5 Å². The Morgan fingerprint density at radius 2 is 2.03 bits per heavy atom. The fraction of sp³-hybridized carbons (Fsp3) is 0.190. The minimum atomic E-state index is -0.469. The second-order valence-electron chi connectivity index (χ2n) is 6.49. The number of aromatic nitrogens is 1. The highest BCUT2D eigenvalue weighted by Gasteiger charge is 2.12. The number of halogens is 1. The third kappa shape index (κ3) is 5.52. The van der Waals surface area contributed by atoms with Crippen LogP contribution in [0.15, 0.2) is 47.8 Å². The summed E-state index contributed by atoms with van der Waals surface area (Å²) in [7, 11) is 1.41. The second kappa shape index (κ2) is 9.64. The van der Waals surface area contributed by atoms with Gasteiger partial charge in [-0.05, 0) is 62.5 Å². The van der Waals surface area contributed by atoms with Gasteiger partial charge >= 0.3 is 0 Å². The zero-order chi connectivity index (χ0) is 21.7. The lowest BCUT2D eigenvalue weighted by Crippen LogP contribution is -2.34. The zero-order valence-corrected chi connectivity index (χ0v) is 18.2. The topological polar surface area (TPSA) is 72.5 Å². The Kier molecular flexibility index (Phi) is 6.96. The molecule has 0 saturated heterocycles. The van der Waals surface area contributed by atoms with Gasteiger partial charge in [0.25, 0.3) is 5.91 Å². The monoisotopic (exact) mass is 445 g/mol. The average Bonchev–Trinajstić information content (AvgIpc) is 3.15. The highest BCUT2D eigenvalue weighted by molar-refractivity contribution is 7.80. The molecular formula is C21H20FN3O3S2. The number of hydrogen-bond acceptors (Lipinski definition) is 6. The average molecular weight is 446 g/mol. The van der Waals surface area contributed by atoms with Crippen molar-refractivity contribution in [2.24, 2.45) is 0 Å². The van der Waals surface area contributed by atoms with E-state index in [0.717, 1.165) is 0 Å². The molecule has 0 aliphatic heterocycles. The molecular weight excluding hydrogens is 425 g/mol. The highest BCUT2D eigenvalue weighted by atomic mass is 32.1. The summed E-state index contributed by atoms with van der Waals surface area (Å²) < 4.78 is 24.4. The molecule has 6 nitrogen and oxygen atoms in total. The number of carbonyl (C=O) groups is 1. The van der Waals surface area contributed by atoms with E-state index < -0.39 is 5.82 Å². The summed E-state index contributed by atoms with van der Waals surface area (Å²) in [5.41, 5.74) is 1.61. The maximum absolute atomic E-state index is 13.9. The minimum Gasteiger partial charge on any atom is -0.494 e. The Hall–Kier alpha value is -3.04. The summed E-state index contributed by atoms with van der Waals surface area (Å²) >= 11 is 6.50. The van der Waals surface area contributed by atoms with Crippen LogP contribution in [-0.2, 0) is 0 Å². The fourth-order valence-corrected chi connectivity index (χ4v) is 3.55. The molecule has 156 valence electrons. The third-order valence-corrected chi connectivity index (χ3v) is 4.83. The minimum absolute atomic E-state index is 0.00401. The first-order chi connectivity index (χ1) is 14.4. The van der Waals surface area contributed by atoms with Gasteiger partial charge in [0.1, 0.15) is 5.75 Å². The summed E-state index contributed by atoms with van der Waals surface area (Å²) in [5, 5.41) is 7.84. The second-order valence-corrected chi connectivity index (χ2v) is 7.76. The van der Waals surface area contributed by atoms with Crippen molar-refractivity contribution in [2.45, 2.75) is 20.0 Å². The molecule has 1 aromatic heterocycles. The number of ether oxygens (including phenoxy) is 2. The number of anilines is 1. The van der Waals surface area contributed by atoms with Crippen LogP contribution in [0.1, 0.15) is 24.2 Å². The first kappa shape index (κ1) is 21.7. The summed E-state index contributed by atoms with van der Waals surface area (Å²) in [5.74, 6) is -0.0634. The van der Waals surface area contributed by atoms with Crippen molar-refractivity contribution in [3.8, 4) is 22.8 Å². The van der Waals surface area contributed by atoms with Crippen LogP contribution in [-0.4, -0.2) is 29.2 Å². The van der Waals surface area contributed by atoms with E-state index in [9.17, 15) is 9.18 Å². The van der Waals surface area contributed by atoms with Gasteiger partial charge in [-0.15, -0.1) is 11.3 Å². The molecule has 0 atom stereocenters. The molecule has 0 saturated carbocycles. The molecule has 0 spiro atoms. The quantitative estimate of drug-likeness (QED) is 0.528. The fourth-order valence-electron chi connectivity index (χ4n) is 2.58. The summed E-state index contributed by atoms with van der Waals surface area (Å²) in [6.45, 7) is 3.82. The van der Waals surface area contributed by atoms with Crippen molar-refractivity contribution < 1.29 is 18.7 Å². The van der Waals surface area contributed by atoms with Crippen LogP contribution in [0, 0.1) is 5.82 Å². The van der Waals surface area contributed by atoms with Gasteiger partial charge < -0.3 is 14.8 Å². The molecule has 1 amide bonds.